The lowest BCUT2D eigenvalue weighted by molar-refractivity contribution is 0.519. The predicted molar refractivity (Wildman–Crippen MR) is 80.9 cm³/mol. The van der Waals surface area contributed by atoms with Crippen LogP contribution in [-0.4, -0.2) is 15.0 Å². The lowest BCUT2D eigenvalue weighted by Gasteiger charge is -2.13. The van der Waals surface area contributed by atoms with E-state index in [1.54, 1.807) is 12.1 Å². The average molecular weight is 296 g/mol. The molecule has 0 amide bonds. The highest BCUT2D eigenvalue weighted by Crippen LogP contribution is 2.24. The van der Waals surface area contributed by atoms with E-state index >= 15 is 0 Å². The Morgan fingerprint density at radius 3 is 2.55 bits per heavy atom. The standard InChI is InChI=1S/C15H24N2O2S/c1-2-13-7-8-15(9-14(13)10-16)20(18,19)17-11-12-5-3-4-6-12/h7-9,12,17H,2-6,10-11,16H2,1H3. The molecule has 1 fully saturated rings. The normalized spacial score (nSPS) is 16.7. The molecule has 2 rings (SSSR count). The molecule has 0 aliphatic heterocycles. The Morgan fingerprint density at radius 1 is 1.25 bits per heavy atom. The van der Waals surface area contributed by atoms with E-state index in [1.807, 2.05) is 13.0 Å². The van der Waals surface area contributed by atoms with E-state index in [0.717, 1.165) is 30.4 Å². The fraction of sp³-hybridized carbons (Fsp3) is 0.600. The summed E-state index contributed by atoms with van der Waals surface area (Å²) in [5.41, 5.74) is 7.72. The largest absolute Gasteiger partial charge is 0.326 e. The second-order valence-corrected chi connectivity index (χ2v) is 7.26. The van der Waals surface area contributed by atoms with Crippen molar-refractivity contribution in [3.63, 3.8) is 0 Å². The second-order valence-electron chi connectivity index (χ2n) is 5.49. The van der Waals surface area contributed by atoms with E-state index < -0.39 is 10.0 Å². The Hall–Kier alpha value is -0.910. The molecular formula is C15H24N2O2S. The summed E-state index contributed by atoms with van der Waals surface area (Å²) >= 11 is 0. The number of nitrogens with one attached hydrogen (secondary N) is 1. The van der Waals surface area contributed by atoms with Crippen molar-refractivity contribution in [2.24, 2.45) is 11.7 Å². The van der Waals surface area contributed by atoms with Crippen molar-refractivity contribution in [2.45, 2.75) is 50.5 Å². The summed E-state index contributed by atoms with van der Waals surface area (Å²) < 4.78 is 27.3. The summed E-state index contributed by atoms with van der Waals surface area (Å²) in [7, 11) is -3.41. The molecule has 5 heteroatoms. The van der Waals surface area contributed by atoms with Crippen LogP contribution in [0, 0.1) is 5.92 Å². The Kier molecular flexibility index (Phi) is 5.18. The number of hydrogen-bond acceptors (Lipinski definition) is 3. The van der Waals surface area contributed by atoms with Gasteiger partial charge in [-0.15, -0.1) is 0 Å². The molecule has 112 valence electrons. The van der Waals surface area contributed by atoms with Crippen molar-refractivity contribution in [2.75, 3.05) is 6.54 Å². The maximum absolute atomic E-state index is 12.3. The number of rotatable bonds is 6. The maximum Gasteiger partial charge on any atom is 0.240 e. The third-order valence-corrected chi connectivity index (χ3v) is 5.55. The molecule has 0 heterocycles. The van der Waals surface area contributed by atoms with Crippen LogP contribution >= 0.6 is 0 Å². The molecule has 0 radical (unpaired) electrons. The summed E-state index contributed by atoms with van der Waals surface area (Å²) in [6.07, 6.45) is 5.56. The van der Waals surface area contributed by atoms with Gasteiger partial charge in [0.15, 0.2) is 0 Å². The first-order chi connectivity index (χ1) is 9.56. The number of aryl methyl sites for hydroxylation is 1. The van der Waals surface area contributed by atoms with Crippen LogP contribution in [-0.2, 0) is 23.0 Å². The average Bonchev–Trinajstić information content (AvgIpc) is 2.97. The van der Waals surface area contributed by atoms with Gasteiger partial charge >= 0.3 is 0 Å². The van der Waals surface area contributed by atoms with Gasteiger partial charge in [0.05, 0.1) is 4.90 Å². The van der Waals surface area contributed by atoms with Gasteiger partial charge in [-0.05, 0) is 48.4 Å². The zero-order chi connectivity index (χ0) is 14.6. The van der Waals surface area contributed by atoms with E-state index in [4.69, 9.17) is 5.73 Å². The van der Waals surface area contributed by atoms with Crippen molar-refractivity contribution < 1.29 is 8.42 Å². The first-order valence-electron chi connectivity index (χ1n) is 7.38. The van der Waals surface area contributed by atoms with Crippen LogP contribution < -0.4 is 10.5 Å². The molecule has 1 aromatic rings. The fourth-order valence-electron chi connectivity index (χ4n) is 2.83. The van der Waals surface area contributed by atoms with E-state index in [-0.39, 0.29) is 0 Å². The Labute approximate surface area is 121 Å². The van der Waals surface area contributed by atoms with Crippen LogP contribution in [0.5, 0.6) is 0 Å². The highest BCUT2D eigenvalue weighted by Gasteiger charge is 2.20. The Bertz CT molecular complexity index is 549. The molecule has 1 aliphatic carbocycles. The molecule has 4 nitrogen and oxygen atoms in total. The molecule has 0 bridgehead atoms. The Morgan fingerprint density at radius 2 is 1.95 bits per heavy atom. The minimum absolute atomic E-state index is 0.327. The van der Waals surface area contributed by atoms with Crippen molar-refractivity contribution in [1.82, 2.24) is 4.72 Å². The molecule has 0 atom stereocenters. The van der Waals surface area contributed by atoms with Crippen LogP contribution in [0.3, 0.4) is 0 Å². The smallest absolute Gasteiger partial charge is 0.240 e. The van der Waals surface area contributed by atoms with Gasteiger partial charge in [-0.3, -0.25) is 0 Å². The van der Waals surface area contributed by atoms with Gasteiger partial charge in [-0.25, -0.2) is 13.1 Å². The second kappa shape index (κ2) is 6.70. The van der Waals surface area contributed by atoms with Crippen molar-refractivity contribution in [1.29, 1.82) is 0 Å². The van der Waals surface area contributed by atoms with E-state index in [0.29, 0.717) is 23.9 Å². The fourth-order valence-corrected chi connectivity index (χ4v) is 4.00. The molecule has 1 aromatic carbocycles. The number of sulfonamides is 1. The van der Waals surface area contributed by atoms with E-state index in [9.17, 15) is 8.42 Å². The van der Waals surface area contributed by atoms with Crippen LogP contribution in [0.25, 0.3) is 0 Å². The maximum atomic E-state index is 12.3. The minimum Gasteiger partial charge on any atom is -0.326 e. The summed E-state index contributed by atoms with van der Waals surface area (Å²) in [6.45, 7) is 2.96. The first-order valence-corrected chi connectivity index (χ1v) is 8.86. The quantitative estimate of drug-likeness (QED) is 0.845. The lowest BCUT2D eigenvalue weighted by Crippen LogP contribution is -2.28. The van der Waals surface area contributed by atoms with Crippen molar-refractivity contribution in [3.05, 3.63) is 29.3 Å². The molecule has 1 saturated carbocycles. The van der Waals surface area contributed by atoms with Gasteiger partial charge in [-0.2, -0.15) is 0 Å². The molecule has 0 spiro atoms. The lowest BCUT2D eigenvalue weighted by atomic mass is 10.1. The van der Waals surface area contributed by atoms with Crippen LogP contribution in [0.15, 0.2) is 23.1 Å². The van der Waals surface area contributed by atoms with Gasteiger partial charge in [-0.1, -0.05) is 25.8 Å². The molecular weight excluding hydrogens is 272 g/mol. The van der Waals surface area contributed by atoms with Crippen molar-refractivity contribution in [3.8, 4) is 0 Å². The van der Waals surface area contributed by atoms with E-state index in [1.165, 1.54) is 12.8 Å². The highest BCUT2D eigenvalue weighted by molar-refractivity contribution is 7.89. The van der Waals surface area contributed by atoms with Gasteiger partial charge in [0, 0.05) is 13.1 Å². The van der Waals surface area contributed by atoms with Crippen LogP contribution in [0.2, 0.25) is 0 Å². The first kappa shape index (κ1) is 15.5. The van der Waals surface area contributed by atoms with Crippen LogP contribution in [0.4, 0.5) is 0 Å². The number of nitrogens with two attached hydrogens (primary N) is 1. The topological polar surface area (TPSA) is 72.2 Å². The van der Waals surface area contributed by atoms with E-state index in [2.05, 4.69) is 4.72 Å². The zero-order valence-corrected chi connectivity index (χ0v) is 12.9. The molecule has 3 N–H and O–H groups in total. The van der Waals surface area contributed by atoms with Gasteiger partial charge < -0.3 is 5.73 Å². The number of benzene rings is 1. The summed E-state index contributed by atoms with van der Waals surface area (Å²) in [4.78, 5) is 0.327. The summed E-state index contributed by atoms with van der Waals surface area (Å²) in [6, 6.07) is 5.25. The molecule has 1 aliphatic rings. The SMILES string of the molecule is CCc1ccc(S(=O)(=O)NCC2CCCC2)cc1CN. The highest BCUT2D eigenvalue weighted by atomic mass is 32.2. The predicted octanol–water partition coefficient (Wildman–Crippen LogP) is 2.18. The summed E-state index contributed by atoms with van der Waals surface area (Å²) in [5, 5.41) is 0. The minimum atomic E-state index is -3.41. The molecule has 20 heavy (non-hydrogen) atoms. The van der Waals surface area contributed by atoms with Gasteiger partial charge in [0.25, 0.3) is 0 Å². The van der Waals surface area contributed by atoms with Crippen LogP contribution in [0.1, 0.15) is 43.7 Å². The monoisotopic (exact) mass is 296 g/mol. The number of hydrogen-bond donors (Lipinski definition) is 2. The van der Waals surface area contributed by atoms with Crippen molar-refractivity contribution >= 4 is 10.0 Å². The molecule has 0 saturated heterocycles. The van der Waals surface area contributed by atoms with Gasteiger partial charge in [0.2, 0.25) is 10.0 Å². The third-order valence-electron chi connectivity index (χ3n) is 4.13. The third kappa shape index (κ3) is 3.59. The molecule has 0 aromatic heterocycles. The zero-order valence-electron chi connectivity index (χ0n) is 12.1. The molecule has 0 unspecified atom stereocenters. The summed E-state index contributed by atoms with van der Waals surface area (Å²) in [5.74, 6) is 0.494. The Balaban J connectivity index is 2.11. The van der Waals surface area contributed by atoms with Gasteiger partial charge in [0.1, 0.15) is 0 Å².